The van der Waals surface area contributed by atoms with E-state index in [1.807, 2.05) is 0 Å². The second kappa shape index (κ2) is 4.58. The molecule has 0 unspecified atom stereocenters. The third-order valence-electron chi connectivity index (χ3n) is 3.44. The highest BCUT2D eigenvalue weighted by Gasteiger charge is 2.33. The number of halogens is 2. The molecule has 2 N–H and O–H groups in total. The lowest BCUT2D eigenvalue weighted by Crippen LogP contribution is -2.33. The lowest BCUT2D eigenvalue weighted by atomic mass is 9.89. The van der Waals surface area contributed by atoms with E-state index in [-0.39, 0.29) is 9.37 Å². The van der Waals surface area contributed by atoms with Gasteiger partial charge in [-0.15, -0.1) is 0 Å². The van der Waals surface area contributed by atoms with Crippen molar-refractivity contribution < 1.29 is 12.8 Å². The van der Waals surface area contributed by atoms with E-state index in [0.29, 0.717) is 5.56 Å². The maximum Gasteiger partial charge on any atom is 0.179 e. The fraction of sp³-hybridized carbons (Fsp3) is 0.500. The molecule has 3 nitrogen and oxygen atoms in total. The average Bonchev–Trinajstić information content (AvgIpc) is 2.63. The summed E-state index contributed by atoms with van der Waals surface area (Å²) in [6.07, 6.45) is 4.63. The first kappa shape index (κ1) is 14.0. The summed E-state index contributed by atoms with van der Waals surface area (Å²) in [4.78, 5) is -0.298. The van der Waals surface area contributed by atoms with Crippen molar-refractivity contribution in [1.82, 2.24) is 0 Å². The Balaban J connectivity index is 2.56. The summed E-state index contributed by atoms with van der Waals surface area (Å²) in [6.45, 7) is 0. The minimum Gasteiger partial charge on any atom is -0.321 e. The van der Waals surface area contributed by atoms with E-state index >= 15 is 0 Å². The summed E-state index contributed by atoms with van der Waals surface area (Å²) in [7, 11) is -3.59. The lowest BCUT2D eigenvalue weighted by Gasteiger charge is -2.25. The first-order valence-electron chi connectivity index (χ1n) is 5.72. The molecule has 1 aromatic rings. The largest absolute Gasteiger partial charge is 0.321 e. The first-order chi connectivity index (χ1) is 8.24. The molecule has 0 amide bonds. The molecule has 1 aliphatic rings. The van der Waals surface area contributed by atoms with E-state index in [1.54, 1.807) is 6.07 Å². The maximum atomic E-state index is 14.0. The van der Waals surface area contributed by atoms with Gasteiger partial charge in [0, 0.05) is 16.3 Å². The molecule has 18 heavy (non-hydrogen) atoms. The first-order valence-corrected chi connectivity index (χ1v) is 8.41. The van der Waals surface area contributed by atoms with Gasteiger partial charge in [-0.2, -0.15) is 0 Å². The van der Waals surface area contributed by atoms with Gasteiger partial charge in [0.05, 0.1) is 0 Å². The molecule has 2 rings (SSSR count). The van der Waals surface area contributed by atoms with E-state index in [2.05, 4.69) is 15.9 Å². The lowest BCUT2D eigenvalue weighted by molar-refractivity contribution is 0.455. The Kier molecular flexibility index (Phi) is 3.55. The van der Waals surface area contributed by atoms with Gasteiger partial charge in [0.1, 0.15) is 10.7 Å². The highest BCUT2D eigenvalue weighted by Crippen LogP contribution is 2.39. The number of hydrogen-bond donors (Lipinski definition) is 1. The van der Waals surface area contributed by atoms with Gasteiger partial charge in [-0.3, -0.25) is 0 Å². The highest BCUT2D eigenvalue weighted by atomic mass is 79.9. The van der Waals surface area contributed by atoms with Crippen LogP contribution < -0.4 is 5.73 Å². The molecular weight excluding hydrogens is 321 g/mol. The molecule has 0 saturated heterocycles. The second-order valence-electron chi connectivity index (χ2n) is 4.90. The predicted octanol–water partition coefficient (Wildman–Crippen LogP) is 2.72. The van der Waals surface area contributed by atoms with Gasteiger partial charge in [0.15, 0.2) is 9.84 Å². The van der Waals surface area contributed by atoms with Crippen LogP contribution in [0, 0.1) is 5.82 Å². The fourth-order valence-corrected chi connectivity index (χ4v) is 4.64. The normalized spacial score (nSPS) is 19.1. The van der Waals surface area contributed by atoms with Crippen molar-refractivity contribution in [3.8, 4) is 0 Å². The molecular formula is C12H15BrFNO2S. The summed E-state index contributed by atoms with van der Waals surface area (Å²) in [5.74, 6) is -0.737. The summed E-state index contributed by atoms with van der Waals surface area (Å²) < 4.78 is 37.2. The molecule has 100 valence electrons. The van der Waals surface area contributed by atoms with Gasteiger partial charge in [-0.1, -0.05) is 12.8 Å². The number of nitrogens with two attached hydrogens (primary N) is 1. The molecule has 0 atom stereocenters. The summed E-state index contributed by atoms with van der Waals surface area (Å²) in [5, 5.41) is 0. The summed E-state index contributed by atoms with van der Waals surface area (Å²) in [6, 6.07) is 2.89. The molecule has 0 radical (unpaired) electrons. The van der Waals surface area contributed by atoms with Gasteiger partial charge in [0.2, 0.25) is 0 Å². The van der Waals surface area contributed by atoms with Crippen LogP contribution >= 0.6 is 15.9 Å². The number of rotatable bonds is 2. The molecule has 1 fully saturated rings. The minimum absolute atomic E-state index is 0.247. The molecule has 1 saturated carbocycles. The van der Waals surface area contributed by atoms with E-state index < -0.39 is 21.2 Å². The van der Waals surface area contributed by atoms with E-state index in [9.17, 15) is 12.8 Å². The predicted molar refractivity (Wildman–Crippen MR) is 71.5 cm³/mol. The third kappa shape index (κ3) is 2.46. The zero-order chi connectivity index (χ0) is 13.6. The monoisotopic (exact) mass is 335 g/mol. The summed E-state index contributed by atoms with van der Waals surface area (Å²) in [5.41, 5.74) is 6.38. The molecule has 0 aromatic heterocycles. The summed E-state index contributed by atoms with van der Waals surface area (Å²) >= 11 is 3.13. The van der Waals surface area contributed by atoms with Crippen LogP contribution in [0.1, 0.15) is 31.2 Å². The van der Waals surface area contributed by atoms with Crippen LogP contribution in [0.15, 0.2) is 21.5 Å². The van der Waals surface area contributed by atoms with E-state index in [1.165, 1.54) is 6.07 Å². The van der Waals surface area contributed by atoms with Gasteiger partial charge in [-0.25, -0.2) is 12.8 Å². The zero-order valence-corrected chi connectivity index (χ0v) is 12.4. The third-order valence-corrected chi connectivity index (χ3v) is 5.48. The van der Waals surface area contributed by atoms with Gasteiger partial charge < -0.3 is 5.73 Å². The average molecular weight is 336 g/mol. The molecule has 0 bridgehead atoms. The van der Waals surface area contributed by atoms with Crippen LogP contribution in [0.2, 0.25) is 0 Å². The van der Waals surface area contributed by atoms with Crippen LogP contribution in [-0.2, 0) is 15.4 Å². The van der Waals surface area contributed by atoms with Crippen molar-refractivity contribution in [3.05, 3.63) is 28.0 Å². The van der Waals surface area contributed by atoms with Crippen molar-refractivity contribution in [2.75, 3.05) is 6.26 Å². The number of sulfone groups is 1. The second-order valence-corrected chi connectivity index (χ2v) is 7.71. The van der Waals surface area contributed by atoms with Crippen molar-refractivity contribution in [3.63, 3.8) is 0 Å². The minimum atomic E-state index is -3.59. The Hall–Kier alpha value is -0.460. The van der Waals surface area contributed by atoms with E-state index in [0.717, 1.165) is 31.9 Å². The van der Waals surface area contributed by atoms with Gasteiger partial charge >= 0.3 is 0 Å². The molecule has 1 aliphatic carbocycles. The zero-order valence-electron chi connectivity index (χ0n) is 10.0. The topological polar surface area (TPSA) is 60.2 Å². The Morgan fingerprint density at radius 1 is 1.33 bits per heavy atom. The molecule has 6 heteroatoms. The molecule has 1 aromatic carbocycles. The van der Waals surface area contributed by atoms with Crippen molar-refractivity contribution in [2.24, 2.45) is 5.73 Å². The fourth-order valence-electron chi connectivity index (χ4n) is 2.50. The van der Waals surface area contributed by atoms with Gasteiger partial charge in [0.25, 0.3) is 0 Å². The number of benzene rings is 1. The van der Waals surface area contributed by atoms with Crippen molar-refractivity contribution >= 4 is 25.8 Å². The number of hydrogen-bond acceptors (Lipinski definition) is 3. The molecule has 0 spiro atoms. The Labute approximate surface area is 115 Å². The van der Waals surface area contributed by atoms with Crippen LogP contribution in [-0.4, -0.2) is 14.7 Å². The van der Waals surface area contributed by atoms with Crippen LogP contribution in [0.25, 0.3) is 0 Å². The van der Waals surface area contributed by atoms with Crippen LogP contribution in [0.5, 0.6) is 0 Å². The van der Waals surface area contributed by atoms with Crippen LogP contribution in [0.4, 0.5) is 4.39 Å². The van der Waals surface area contributed by atoms with Gasteiger partial charge in [-0.05, 0) is 46.5 Å². The maximum absolute atomic E-state index is 14.0. The van der Waals surface area contributed by atoms with E-state index in [4.69, 9.17) is 5.73 Å². The van der Waals surface area contributed by atoms with Crippen LogP contribution in [0.3, 0.4) is 0 Å². The molecule has 0 heterocycles. The SMILES string of the molecule is CS(=O)(=O)c1c(F)cc(C2(N)CCCC2)cc1Br. The Morgan fingerprint density at radius 3 is 2.33 bits per heavy atom. The van der Waals surface area contributed by atoms with Crippen molar-refractivity contribution in [1.29, 1.82) is 0 Å². The smallest absolute Gasteiger partial charge is 0.179 e. The Bertz CT molecular complexity index is 557. The highest BCUT2D eigenvalue weighted by molar-refractivity contribution is 9.10. The Morgan fingerprint density at radius 2 is 1.89 bits per heavy atom. The quantitative estimate of drug-likeness (QED) is 0.903. The molecule has 0 aliphatic heterocycles. The standard InChI is InChI=1S/C12H15BrFNO2S/c1-18(16,17)11-9(13)6-8(7-10(11)14)12(15)4-2-3-5-12/h6-7H,2-5,15H2,1H3. The van der Waals surface area contributed by atoms with Crippen molar-refractivity contribution in [2.45, 2.75) is 36.1 Å².